The van der Waals surface area contributed by atoms with Crippen molar-refractivity contribution in [1.82, 2.24) is 0 Å². The molecular weight excluding hydrogens is 106 g/mol. The van der Waals surface area contributed by atoms with Gasteiger partial charge in [0.25, 0.3) is 0 Å². The first-order chi connectivity index (χ1) is 3.83. The molecule has 0 amide bonds. The Hall–Kier alpha value is -0.540. The van der Waals surface area contributed by atoms with Crippen LogP contribution in [0.25, 0.3) is 0 Å². The van der Waals surface area contributed by atoms with Gasteiger partial charge in [0, 0.05) is 6.61 Å². The fourth-order valence-electron chi connectivity index (χ4n) is 0. The van der Waals surface area contributed by atoms with Gasteiger partial charge in [0.2, 0.25) is 0 Å². The van der Waals surface area contributed by atoms with Crippen molar-refractivity contribution in [1.29, 1.82) is 0 Å². The van der Waals surface area contributed by atoms with Crippen molar-refractivity contribution >= 4 is 0 Å². The zero-order valence-corrected chi connectivity index (χ0v) is 5.13. The molecule has 0 aliphatic carbocycles. The van der Waals surface area contributed by atoms with Crippen LogP contribution in [0.4, 0.5) is 0 Å². The van der Waals surface area contributed by atoms with E-state index in [9.17, 15) is 0 Å². The van der Waals surface area contributed by atoms with Crippen molar-refractivity contribution in [2.75, 3.05) is 6.61 Å². The lowest BCUT2D eigenvalue weighted by molar-refractivity contribution is 0.262. The van der Waals surface area contributed by atoms with Crippen LogP contribution in [0.15, 0.2) is 12.8 Å². The zero-order chi connectivity index (χ0) is 6.83. The Labute approximate surface area is 49.7 Å². The summed E-state index contributed by atoms with van der Waals surface area (Å²) in [6.07, 6.45) is 2.03. The predicted octanol–water partition coefficient (Wildman–Crippen LogP) is 0.409. The summed E-state index contributed by atoms with van der Waals surface area (Å²) < 4.78 is 0. The summed E-state index contributed by atoms with van der Waals surface area (Å²) in [4.78, 5) is 3.81. The molecule has 0 aliphatic heterocycles. The van der Waals surface area contributed by atoms with Gasteiger partial charge in [-0.2, -0.15) is 5.90 Å². The minimum atomic E-state index is 0.319. The average Bonchev–Trinajstić information content (AvgIpc) is 1.88. The molecule has 0 heterocycles. The summed E-state index contributed by atoms with van der Waals surface area (Å²) >= 11 is 0. The lowest BCUT2D eigenvalue weighted by Crippen LogP contribution is -1.85. The first-order valence-electron chi connectivity index (χ1n) is 2.40. The highest BCUT2D eigenvalue weighted by atomic mass is 16.6. The minimum absolute atomic E-state index is 0.319. The number of rotatable bonds is 2. The highest BCUT2D eigenvalue weighted by Gasteiger charge is 1.57. The molecule has 3 nitrogen and oxygen atoms in total. The molecule has 0 aromatic heterocycles. The molecule has 0 saturated carbocycles. The lowest BCUT2D eigenvalue weighted by Gasteiger charge is -1.72. The Morgan fingerprint density at radius 2 is 2.12 bits per heavy atom. The van der Waals surface area contributed by atoms with Crippen LogP contribution < -0.4 is 5.90 Å². The van der Waals surface area contributed by atoms with E-state index < -0.39 is 0 Å². The van der Waals surface area contributed by atoms with Crippen molar-refractivity contribution in [3.05, 3.63) is 12.8 Å². The highest BCUT2D eigenvalue weighted by Crippen LogP contribution is 1.61. The molecule has 0 aromatic carbocycles. The second kappa shape index (κ2) is 16.1. The van der Waals surface area contributed by atoms with Gasteiger partial charge in [-0.05, 0) is 6.42 Å². The van der Waals surface area contributed by atoms with E-state index in [0.717, 1.165) is 12.7 Å². The topological polar surface area (TPSA) is 55.5 Å². The molecule has 0 spiro atoms. The molecule has 0 unspecified atom stereocenters. The van der Waals surface area contributed by atoms with E-state index in [2.05, 4.69) is 17.3 Å². The van der Waals surface area contributed by atoms with Gasteiger partial charge in [0.05, 0.1) is 0 Å². The molecule has 8 heavy (non-hydrogen) atoms. The van der Waals surface area contributed by atoms with Crippen molar-refractivity contribution in [3.8, 4) is 0 Å². The van der Waals surface area contributed by atoms with Gasteiger partial charge in [0.1, 0.15) is 6.26 Å². The van der Waals surface area contributed by atoms with Crippen molar-refractivity contribution in [3.63, 3.8) is 0 Å². The number of hydrogen-bond donors (Lipinski definition) is 2. The summed E-state index contributed by atoms with van der Waals surface area (Å²) in [7, 11) is 0. The van der Waals surface area contributed by atoms with Crippen LogP contribution in [0, 0.1) is 0 Å². The summed E-state index contributed by atoms with van der Waals surface area (Å²) in [5.41, 5.74) is 0. The molecule has 0 aromatic rings. The SMILES string of the molecule is C=CON.CCCO. The maximum absolute atomic E-state index is 7.88. The van der Waals surface area contributed by atoms with Crippen molar-refractivity contribution in [2.24, 2.45) is 5.90 Å². The van der Waals surface area contributed by atoms with Crippen LogP contribution in [0.2, 0.25) is 0 Å². The predicted molar refractivity (Wildman–Crippen MR) is 32.8 cm³/mol. The first kappa shape index (κ1) is 10.4. The monoisotopic (exact) mass is 119 g/mol. The van der Waals surface area contributed by atoms with E-state index >= 15 is 0 Å². The van der Waals surface area contributed by atoms with Gasteiger partial charge >= 0.3 is 0 Å². The highest BCUT2D eigenvalue weighted by molar-refractivity contribution is 4.42. The van der Waals surface area contributed by atoms with Gasteiger partial charge in [-0.15, -0.1) is 0 Å². The third-order valence-electron chi connectivity index (χ3n) is 0.320. The van der Waals surface area contributed by atoms with Gasteiger partial charge in [-0.3, -0.25) is 0 Å². The van der Waals surface area contributed by atoms with Crippen LogP contribution in [0.5, 0.6) is 0 Å². The molecule has 0 fully saturated rings. The standard InChI is InChI=1S/C3H8O.C2H5NO/c1-2-3-4;1-2-4-3/h4H,2-3H2,1H3;2H,1,3H2. The first-order valence-corrected chi connectivity index (χ1v) is 2.40. The van der Waals surface area contributed by atoms with Gasteiger partial charge in [-0.25, -0.2) is 0 Å². The zero-order valence-electron chi connectivity index (χ0n) is 5.13. The third-order valence-corrected chi connectivity index (χ3v) is 0.320. The molecular formula is C5H13NO2. The number of aliphatic hydroxyl groups excluding tert-OH is 1. The van der Waals surface area contributed by atoms with Gasteiger partial charge in [-0.1, -0.05) is 13.5 Å². The second-order valence-corrected chi connectivity index (χ2v) is 1.03. The smallest absolute Gasteiger partial charge is 0.103 e. The van der Waals surface area contributed by atoms with Crippen LogP contribution in [0.3, 0.4) is 0 Å². The maximum atomic E-state index is 7.88. The van der Waals surface area contributed by atoms with Gasteiger partial charge in [0.15, 0.2) is 0 Å². The van der Waals surface area contributed by atoms with E-state index in [4.69, 9.17) is 5.11 Å². The van der Waals surface area contributed by atoms with Crippen LogP contribution in [-0.2, 0) is 4.84 Å². The fraction of sp³-hybridized carbons (Fsp3) is 0.600. The minimum Gasteiger partial charge on any atom is -0.420 e. The van der Waals surface area contributed by atoms with Crippen LogP contribution in [0.1, 0.15) is 13.3 Å². The lowest BCUT2D eigenvalue weighted by atomic mass is 10.5. The van der Waals surface area contributed by atoms with E-state index in [0.29, 0.717) is 6.61 Å². The Morgan fingerprint density at radius 3 is 2.12 bits per heavy atom. The molecule has 0 saturated heterocycles. The molecule has 0 radical (unpaired) electrons. The Bertz CT molecular complexity index is 37.4. The third kappa shape index (κ3) is 51.0. The molecule has 50 valence electrons. The second-order valence-electron chi connectivity index (χ2n) is 1.03. The van der Waals surface area contributed by atoms with Crippen LogP contribution in [-0.4, -0.2) is 11.7 Å². The van der Waals surface area contributed by atoms with E-state index in [-0.39, 0.29) is 0 Å². The number of nitrogens with two attached hydrogens (primary N) is 1. The summed E-state index contributed by atoms with van der Waals surface area (Å²) in [5.74, 6) is 4.41. The van der Waals surface area contributed by atoms with Crippen molar-refractivity contribution in [2.45, 2.75) is 13.3 Å². The van der Waals surface area contributed by atoms with Crippen LogP contribution >= 0.6 is 0 Å². The normalized spacial score (nSPS) is 6.38. The molecule has 0 rings (SSSR count). The van der Waals surface area contributed by atoms with Gasteiger partial charge < -0.3 is 9.94 Å². The molecule has 3 N–H and O–H groups in total. The summed E-state index contributed by atoms with van der Waals surface area (Å²) in [6, 6.07) is 0. The number of aliphatic hydroxyl groups is 1. The molecule has 0 bridgehead atoms. The van der Waals surface area contributed by atoms with Crippen molar-refractivity contribution < 1.29 is 9.94 Å². The summed E-state index contributed by atoms with van der Waals surface area (Å²) in [6.45, 7) is 5.38. The Kier molecular flexibility index (Phi) is 21.0. The Balaban J connectivity index is 0. The van der Waals surface area contributed by atoms with E-state index in [1.807, 2.05) is 6.92 Å². The average molecular weight is 119 g/mol. The maximum Gasteiger partial charge on any atom is 0.103 e. The largest absolute Gasteiger partial charge is 0.420 e. The van der Waals surface area contributed by atoms with E-state index in [1.54, 1.807) is 0 Å². The number of hydrogen-bond acceptors (Lipinski definition) is 3. The molecule has 0 atom stereocenters. The quantitative estimate of drug-likeness (QED) is 0.409. The van der Waals surface area contributed by atoms with E-state index in [1.165, 1.54) is 0 Å². The Morgan fingerprint density at radius 1 is 1.88 bits per heavy atom. The molecule has 3 heteroatoms. The fourth-order valence-corrected chi connectivity index (χ4v) is 0. The molecule has 0 aliphatic rings. The summed E-state index contributed by atoms with van der Waals surface area (Å²) in [5, 5.41) is 7.88.